The predicted octanol–water partition coefficient (Wildman–Crippen LogP) is 4.26. The summed E-state index contributed by atoms with van der Waals surface area (Å²) in [4.78, 5) is 9.15. The molecular weight excluding hydrogens is 396 g/mol. The van der Waals surface area contributed by atoms with Crippen LogP contribution >= 0.6 is 0 Å². The Hall–Kier alpha value is -3.94. The summed E-state index contributed by atoms with van der Waals surface area (Å²) in [5, 5.41) is 4.18. The maximum Gasteiger partial charge on any atom is 0.229 e. The second kappa shape index (κ2) is 8.83. The number of fused-ring (bicyclic) bond motifs is 1. The van der Waals surface area contributed by atoms with Gasteiger partial charge in [0.1, 0.15) is 11.4 Å². The van der Waals surface area contributed by atoms with E-state index in [1.807, 2.05) is 42.6 Å². The number of hydrogen-bond donors (Lipinski definition) is 1. The Balaban J connectivity index is 1.64. The van der Waals surface area contributed by atoms with Gasteiger partial charge in [0.15, 0.2) is 11.5 Å². The third-order valence-electron chi connectivity index (χ3n) is 4.91. The van der Waals surface area contributed by atoms with Gasteiger partial charge in [-0.2, -0.15) is 4.98 Å². The molecule has 0 unspecified atom stereocenters. The van der Waals surface area contributed by atoms with Crippen LogP contribution in [-0.4, -0.2) is 43.0 Å². The topological polar surface area (TPSA) is 79.7 Å². The Morgan fingerprint density at radius 1 is 0.903 bits per heavy atom. The predicted molar refractivity (Wildman–Crippen MR) is 119 cm³/mol. The van der Waals surface area contributed by atoms with E-state index in [0.717, 1.165) is 28.0 Å². The van der Waals surface area contributed by atoms with Crippen LogP contribution in [0.4, 0.5) is 11.6 Å². The van der Waals surface area contributed by atoms with Gasteiger partial charge in [-0.05, 0) is 23.8 Å². The van der Waals surface area contributed by atoms with Gasteiger partial charge in [0.05, 0.1) is 28.4 Å². The Labute approximate surface area is 180 Å². The Kier molecular flexibility index (Phi) is 5.79. The van der Waals surface area contributed by atoms with E-state index in [9.17, 15) is 0 Å². The summed E-state index contributed by atoms with van der Waals surface area (Å²) in [5.41, 5.74) is 2.67. The number of aromatic nitrogens is 3. The molecule has 0 spiro atoms. The summed E-state index contributed by atoms with van der Waals surface area (Å²) in [6, 6.07) is 13.6. The first kappa shape index (κ1) is 20.3. The lowest BCUT2D eigenvalue weighted by Gasteiger charge is -2.14. The van der Waals surface area contributed by atoms with E-state index in [0.29, 0.717) is 29.7 Å². The molecule has 0 radical (unpaired) electrons. The van der Waals surface area contributed by atoms with Crippen molar-refractivity contribution < 1.29 is 18.9 Å². The highest BCUT2D eigenvalue weighted by Crippen LogP contribution is 2.40. The van der Waals surface area contributed by atoms with E-state index in [-0.39, 0.29) is 0 Å². The molecule has 0 bridgehead atoms. The fourth-order valence-electron chi connectivity index (χ4n) is 3.41. The molecule has 0 fully saturated rings. The largest absolute Gasteiger partial charge is 0.497 e. The van der Waals surface area contributed by atoms with Crippen LogP contribution in [0, 0.1) is 0 Å². The van der Waals surface area contributed by atoms with Crippen molar-refractivity contribution in [3.05, 3.63) is 60.4 Å². The number of benzene rings is 2. The van der Waals surface area contributed by atoms with Crippen molar-refractivity contribution in [1.29, 1.82) is 0 Å². The zero-order chi connectivity index (χ0) is 21.8. The minimum absolute atomic E-state index is 0.465. The van der Waals surface area contributed by atoms with Crippen molar-refractivity contribution >= 4 is 22.7 Å². The standard InChI is InChI=1S/C23H24N4O4/c1-28-18-7-5-6-15(10-18)14-27-9-8-16-13-24-23(26-22(16)27)25-17-11-19(29-2)21(31-4)20(12-17)30-3/h5-13H,14H2,1-4H3,(H,24,25,26). The number of methoxy groups -OCH3 is 4. The van der Waals surface area contributed by atoms with E-state index < -0.39 is 0 Å². The molecule has 0 aliphatic heterocycles. The van der Waals surface area contributed by atoms with Crippen molar-refractivity contribution in [2.24, 2.45) is 0 Å². The van der Waals surface area contributed by atoms with Gasteiger partial charge in [0.2, 0.25) is 11.7 Å². The molecule has 0 aliphatic carbocycles. The number of nitrogens with one attached hydrogen (secondary N) is 1. The van der Waals surface area contributed by atoms with Gasteiger partial charge in [-0.15, -0.1) is 0 Å². The quantitative estimate of drug-likeness (QED) is 0.456. The molecule has 0 aliphatic rings. The molecule has 2 aromatic heterocycles. The fraction of sp³-hybridized carbons (Fsp3) is 0.217. The van der Waals surface area contributed by atoms with E-state index in [1.54, 1.807) is 34.6 Å². The molecule has 0 amide bonds. The molecule has 2 aromatic carbocycles. The zero-order valence-electron chi connectivity index (χ0n) is 17.9. The van der Waals surface area contributed by atoms with Crippen LogP contribution < -0.4 is 24.3 Å². The third-order valence-corrected chi connectivity index (χ3v) is 4.91. The van der Waals surface area contributed by atoms with Crippen molar-refractivity contribution in [2.45, 2.75) is 6.54 Å². The molecule has 2 heterocycles. The second-order valence-corrected chi connectivity index (χ2v) is 6.81. The average molecular weight is 420 g/mol. The van der Waals surface area contributed by atoms with Gasteiger partial charge in [-0.25, -0.2) is 4.98 Å². The van der Waals surface area contributed by atoms with Gasteiger partial charge in [-0.3, -0.25) is 0 Å². The highest BCUT2D eigenvalue weighted by atomic mass is 16.5. The van der Waals surface area contributed by atoms with Crippen LogP contribution in [0.2, 0.25) is 0 Å². The SMILES string of the molecule is COc1cccc(Cn2ccc3cnc(Nc4cc(OC)c(OC)c(OC)c4)nc32)c1. The Bertz CT molecular complexity index is 1180. The number of anilines is 2. The number of rotatable bonds is 8. The summed E-state index contributed by atoms with van der Waals surface area (Å²) >= 11 is 0. The highest BCUT2D eigenvalue weighted by molar-refractivity contribution is 5.77. The minimum atomic E-state index is 0.465. The fourth-order valence-corrected chi connectivity index (χ4v) is 3.41. The molecule has 0 saturated carbocycles. The maximum atomic E-state index is 5.42. The van der Waals surface area contributed by atoms with Gasteiger partial charge in [0.25, 0.3) is 0 Å². The lowest BCUT2D eigenvalue weighted by Crippen LogP contribution is -2.03. The third kappa shape index (κ3) is 4.18. The van der Waals surface area contributed by atoms with Crippen LogP contribution in [0.5, 0.6) is 23.0 Å². The first-order valence-corrected chi connectivity index (χ1v) is 9.67. The summed E-state index contributed by atoms with van der Waals surface area (Å²) in [7, 11) is 6.39. The first-order valence-electron chi connectivity index (χ1n) is 9.67. The molecule has 31 heavy (non-hydrogen) atoms. The maximum absolute atomic E-state index is 5.42. The van der Waals surface area contributed by atoms with Crippen molar-refractivity contribution in [2.75, 3.05) is 33.8 Å². The smallest absolute Gasteiger partial charge is 0.229 e. The second-order valence-electron chi connectivity index (χ2n) is 6.81. The zero-order valence-corrected chi connectivity index (χ0v) is 17.9. The summed E-state index contributed by atoms with van der Waals surface area (Å²) in [6.07, 6.45) is 3.80. The molecule has 0 saturated heterocycles. The lowest BCUT2D eigenvalue weighted by atomic mass is 10.2. The van der Waals surface area contributed by atoms with Crippen molar-refractivity contribution in [3.8, 4) is 23.0 Å². The lowest BCUT2D eigenvalue weighted by molar-refractivity contribution is 0.324. The van der Waals surface area contributed by atoms with E-state index in [4.69, 9.17) is 23.9 Å². The van der Waals surface area contributed by atoms with Crippen LogP contribution in [0.15, 0.2) is 54.9 Å². The molecule has 8 heteroatoms. The Morgan fingerprint density at radius 2 is 1.68 bits per heavy atom. The number of nitrogens with zero attached hydrogens (tertiary/aromatic N) is 3. The minimum Gasteiger partial charge on any atom is -0.497 e. The van der Waals surface area contributed by atoms with Crippen LogP contribution in [-0.2, 0) is 6.54 Å². The molecule has 8 nitrogen and oxygen atoms in total. The average Bonchev–Trinajstić information content (AvgIpc) is 3.20. The van der Waals surface area contributed by atoms with Gasteiger partial charge >= 0.3 is 0 Å². The van der Waals surface area contributed by atoms with Gasteiger partial charge < -0.3 is 28.8 Å². The molecule has 1 N–H and O–H groups in total. The summed E-state index contributed by atoms with van der Waals surface area (Å²) in [5.74, 6) is 2.92. The molecule has 160 valence electrons. The summed E-state index contributed by atoms with van der Waals surface area (Å²) < 4.78 is 23.6. The number of hydrogen-bond acceptors (Lipinski definition) is 7. The van der Waals surface area contributed by atoms with Crippen molar-refractivity contribution in [1.82, 2.24) is 14.5 Å². The molecular formula is C23H24N4O4. The first-order chi connectivity index (χ1) is 15.1. The molecule has 4 rings (SSSR count). The van der Waals surface area contributed by atoms with Gasteiger partial charge in [0, 0.05) is 42.1 Å². The Morgan fingerprint density at radius 3 is 2.35 bits per heavy atom. The normalized spacial score (nSPS) is 10.7. The number of ether oxygens (including phenoxy) is 4. The van der Waals surface area contributed by atoms with Crippen LogP contribution in [0.3, 0.4) is 0 Å². The summed E-state index contributed by atoms with van der Waals surface area (Å²) in [6.45, 7) is 0.668. The molecule has 0 atom stereocenters. The monoisotopic (exact) mass is 420 g/mol. The molecule has 4 aromatic rings. The van der Waals surface area contributed by atoms with Crippen LogP contribution in [0.1, 0.15) is 5.56 Å². The van der Waals surface area contributed by atoms with E-state index in [1.165, 1.54) is 0 Å². The van der Waals surface area contributed by atoms with E-state index >= 15 is 0 Å². The van der Waals surface area contributed by atoms with E-state index in [2.05, 4.69) is 20.9 Å². The van der Waals surface area contributed by atoms with Crippen molar-refractivity contribution in [3.63, 3.8) is 0 Å². The van der Waals surface area contributed by atoms with Gasteiger partial charge in [-0.1, -0.05) is 12.1 Å². The highest BCUT2D eigenvalue weighted by Gasteiger charge is 2.14. The van der Waals surface area contributed by atoms with Crippen LogP contribution in [0.25, 0.3) is 11.0 Å².